The molecule has 0 rings (SSSR count). The lowest BCUT2D eigenvalue weighted by atomic mass is 9.95. The van der Waals surface area contributed by atoms with Gasteiger partial charge in [-0.25, -0.2) is 4.39 Å². The Labute approximate surface area is 157 Å². The number of alkyl halides is 7. The molecule has 162 valence electrons. The molecule has 27 heavy (non-hydrogen) atoms. The number of thiol groups is 1. The quantitative estimate of drug-likeness (QED) is 0.285. The van der Waals surface area contributed by atoms with Crippen molar-refractivity contribution in [2.24, 2.45) is 0 Å². The van der Waals surface area contributed by atoms with E-state index in [9.17, 15) is 43.9 Å². The van der Waals surface area contributed by atoms with E-state index in [2.05, 4.69) is 17.9 Å². The van der Waals surface area contributed by atoms with Crippen LogP contribution in [0.15, 0.2) is 0 Å². The van der Waals surface area contributed by atoms with Crippen molar-refractivity contribution in [2.45, 2.75) is 68.3 Å². The Kier molecular flexibility index (Phi) is 8.47. The van der Waals surface area contributed by atoms with Crippen LogP contribution in [0.2, 0.25) is 0 Å². The van der Waals surface area contributed by atoms with Crippen LogP contribution in [0.25, 0.3) is 0 Å². The molecule has 0 heterocycles. The summed E-state index contributed by atoms with van der Waals surface area (Å²) in [5.74, 6) is -1.48. The Hall–Kier alpha value is -0.760. The monoisotopic (exact) mass is 451 g/mol. The van der Waals surface area contributed by atoms with Crippen LogP contribution < -0.4 is 5.32 Å². The summed E-state index contributed by atoms with van der Waals surface area (Å²) in [6, 6.07) is 0. The van der Waals surface area contributed by atoms with Gasteiger partial charge in [0.15, 0.2) is 0 Å². The van der Waals surface area contributed by atoms with Gasteiger partial charge in [-0.05, 0) is 26.7 Å². The van der Waals surface area contributed by atoms with Crippen LogP contribution in [0.4, 0.5) is 30.7 Å². The lowest BCUT2D eigenvalue weighted by Gasteiger charge is -2.32. The van der Waals surface area contributed by atoms with E-state index < -0.39 is 69.9 Å². The van der Waals surface area contributed by atoms with Crippen LogP contribution >= 0.6 is 12.6 Å². The minimum absolute atomic E-state index is 0.197. The van der Waals surface area contributed by atoms with Crippen LogP contribution in [0.5, 0.6) is 0 Å². The molecule has 0 spiro atoms. The minimum atomic E-state index is -6.19. The van der Waals surface area contributed by atoms with Crippen molar-refractivity contribution in [3.05, 3.63) is 0 Å². The fourth-order valence-corrected chi connectivity index (χ4v) is 3.15. The second-order valence-electron chi connectivity index (χ2n) is 6.66. The van der Waals surface area contributed by atoms with Crippen molar-refractivity contribution in [2.75, 3.05) is 5.75 Å². The van der Waals surface area contributed by atoms with Crippen molar-refractivity contribution >= 4 is 28.7 Å². The van der Waals surface area contributed by atoms with Gasteiger partial charge in [-0.1, -0.05) is 0 Å². The lowest BCUT2D eigenvalue weighted by molar-refractivity contribution is -0.343. The number of carbonyl (C=O) groups excluding carboxylic acids is 1. The molecule has 2 N–H and O–H groups in total. The molecule has 0 aromatic carbocycles. The molecule has 14 heteroatoms. The molecule has 0 saturated carbocycles. The van der Waals surface area contributed by atoms with Crippen molar-refractivity contribution in [3.8, 4) is 0 Å². The van der Waals surface area contributed by atoms with Gasteiger partial charge in [-0.15, -0.1) is 0 Å². The predicted octanol–water partition coefficient (Wildman–Crippen LogP) is 3.46. The third kappa shape index (κ3) is 8.85. The second kappa shape index (κ2) is 8.72. The first-order valence-corrected chi connectivity index (χ1v) is 9.59. The number of nitrogens with one attached hydrogen (secondary N) is 1. The predicted molar refractivity (Wildman–Crippen MR) is 85.8 cm³/mol. The van der Waals surface area contributed by atoms with Gasteiger partial charge >= 0.3 is 12.4 Å². The first kappa shape index (κ1) is 26.2. The van der Waals surface area contributed by atoms with E-state index in [1.165, 1.54) is 13.8 Å². The van der Waals surface area contributed by atoms with Crippen molar-refractivity contribution in [1.82, 2.24) is 5.32 Å². The molecule has 5 nitrogen and oxygen atoms in total. The Morgan fingerprint density at radius 3 is 1.89 bits per heavy atom. The highest BCUT2D eigenvalue weighted by atomic mass is 32.2. The maximum absolute atomic E-state index is 13.6. The average Bonchev–Trinajstić information content (AvgIpc) is 2.39. The summed E-state index contributed by atoms with van der Waals surface area (Å²) in [4.78, 5) is 11.8. The molecule has 0 aromatic rings. The van der Waals surface area contributed by atoms with Gasteiger partial charge in [0.25, 0.3) is 15.8 Å². The zero-order valence-corrected chi connectivity index (χ0v) is 16.0. The third-order valence-electron chi connectivity index (χ3n) is 3.58. The average molecular weight is 451 g/mol. The second-order valence-corrected chi connectivity index (χ2v) is 8.96. The van der Waals surface area contributed by atoms with E-state index in [0.717, 1.165) is 0 Å². The normalized spacial score (nSPS) is 15.5. The van der Waals surface area contributed by atoms with Gasteiger partial charge in [-0.2, -0.15) is 47.4 Å². The molecule has 0 radical (unpaired) electrons. The van der Waals surface area contributed by atoms with Crippen LogP contribution in [0.1, 0.15) is 39.5 Å². The Bertz CT molecular complexity index is 603. The maximum Gasteiger partial charge on any atom is 0.431 e. The Morgan fingerprint density at radius 1 is 1.07 bits per heavy atom. The molecule has 1 amide bonds. The van der Waals surface area contributed by atoms with E-state index in [-0.39, 0.29) is 6.42 Å². The highest BCUT2D eigenvalue weighted by molar-refractivity contribution is 7.85. The summed E-state index contributed by atoms with van der Waals surface area (Å²) >= 11 is 3.52. The highest BCUT2D eigenvalue weighted by Crippen LogP contribution is 2.49. The summed E-state index contributed by atoms with van der Waals surface area (Å²) in [7, 11) is -4.29. The zero-order valence-electron chi connectivity index (χ0n) is 14.3. The third-order valence-corrected chi connectivity index (χ3v) is 4.74. The van der Waals surface area contributed by atoms with Gasteiger partial charge in [0.2, 0.25) is 5.91 Å². The topological polar surface area (TPSA) is 83.5 Å². The lowest BCUT2D eigenvalue weighted by Crippen LogP contribution is -2.54. The van der Waals surface area contributed by atoms with Crippen LogP contribution in [-0.2, 0) is 14.9 Å². The molecular weight excluding hydrogens is 431 g/mol. The number of carbonyl (C=O) groups is 1. The summed E-state index contributed by atoms with van der Waals surface area (Å²) < 4.78 is 119. The molecule has 1 atom stereocenters. The van der Waals surface area contributed by atoms with Crippen molar-refractivity contribution < 1.29 is 48.5 Å². The van der Waals surface area contributed by atoms with Crippen molar-refractivity contribution in [3.63, 3.8) is 0 Å². The first-order chi connectivity index (χ1) is 11.7. The summed E-state index contributed by atoms with van der Waals surface area (Å²) in [5, 5.41) is 0.603. The van der Waals surface area contributed by atoms with Crippen LogP contribution in [0.3, 0.4) is 0 Å². The fraction of sp³-hybridized carbons (Fsp3) is 0.923. The number of rotatable bonds is 9. The molecule has 0 bridgehead atoms. The molecule has 0 fully saturated rings. The molecule has 0 aromatic heterocycles. The summed E-state index contributed by atoms with van der Waals surface area (Å²) in [6.07, 6.45) is -15.7. The number of hydrogen-bond donors (Lipinski definition) is 3. The van der Waals surface area contributed by atoms with Gasteiger partial charge in [-0.3, -0.25) is 9.35 Å². The molecular formula is C13H20F7NO4S2. The van der Waals surface area contributed by atoms with E-state index in [1.54, 1.807) is 0 Å². The molecule has 0 aliphatic carbocycles. The Morgan fingerprint density at radius 2 is 1.52 bits per heavy atom. The van der Waals surface area contributed by atoms with E-state index in [1.807, 2.05) is 0 Å². The molecule has 0 aliphatic rings. The molecule has 0 aliphatic heterocycles. The smallest absolute Gasteiger partial charge is 0.351 e. The summed E-state index contributed by atoms with van der Waals surface area (Å²) in [5.41, 5.74) is -6.57. The van der Waals surface area contributed by atoms with E-state index in [4.69, 9.17) is 4.55 Å². The van der Waals surface area contributed by atoms with E-state index in [0.29, 0.717) is 0 Å². The largest absolute Gasteiger partial charge is 0.431 e. The van der Waals surface area contributed by atoms with Gasteiger partial charge in [0.05, 0.1) is 5.75 Å². The van der Waals surface area contributed by atoms with Crippen LogP contribution in [-0.4, -0.2) is 53.4 Å². The zero-order chi connectivity index (χ0) is 21.9. The van der Waals surface area contributed by atoms with Crippen LogP contribution in [0, 0.1) is 0 Å². The van der Waals surface area contributed by atoms with Gasteiger partial charge < -0.3 is 5.32 Å². The molecule has 1 unspecified atom stereocenters. The van der Waals surface area contributed by atoms with Gasteiger partial charge in [0.1, 0.15) is 0 Å². The Balaban J connectivity index is 4.77. The standard InChI is InChI=1S/C13H20F7NO4S2/c1-10(2,5-6-27(23,24)25)21-9(22)4-3-8(26)7-11(14,12(15,16)17)13(18,19)20/h8,26H,3-7H2,1-2H3,(H,21,22)(H,23,24,25). The SMILES string of the molecule is CC(C)(CCS(=O)(=O)O)NC(=O)CCC(S)CC(F)(C(F)(F)F)C(F)(F)F. The highest BCUT2D eigenvalue weighted by Gasteiger charge is 2.72. The van der Waals surface area contributed by atoms with E-state index >= 15 is 0 Å². The number of amides is 1. The number of halogens is 7. The van der Waals surface area contributed by atoms with Crippen molar-refractivity contribution in [1.29, 1.82) is 0 Å². The van der Waals surface area contributed by atoms with Gasteiger partial charge in [0, 0.05) is 23.6 Å². The maximum atomic E-state index is 13.6. The first-order valence-electron chi connectivity index (χ1n) is 7.47. The minimum Gasteiger partial charge on any atom is -0.351 e. The summed E-state index contributed by atoms with van der Waals surface area (Å²) in [6.45, 7) is 2.79. The molecule has 0 saturated heterocycles. The fourth-order valence-electron chi connectivity index (χ4n) is 2.00. The number of hydrogen-bond acceptors (Lipinski definition) is 4.